The molecule has 0 radical (unpaired) electrons. The van der Waals surface area contributed by atoms with Gasteiger partial charge in [-0.25, -0.2) is 9.37 Å². The summed E-state index contributed by atoms with van der Waals surface area (Å²) in [6.45, 7) is 0. The molecule has 3 aromatic carbocycles. The Morgan fingerprint density at radius 2 is 1.54 bits per heavy atom. The lowest BCUT2D eigenvalue weighted by atomic mass is 9.92. The van der Waals surface area contributed by atoms with Crippen LogP contribution in [0.3, 0.4) is 0 Å². The van der Waals surface area contributed by atoms with Crippen molar-refractivity contribution >= 4 is 16.7 Å². The molecule has 1 heterocycles. The van der Waals surface area contributed by atoms with E-state index >= 15 is 0 Å². The number of aromatic nitrogens is 1. The van der Waals surface area contributed by atoms with Crippen LogP contribution in [-0.4, -0.2) is 10.8 Å². The van der Waals surface area contributed by atoms with E-state index in [-0.39, 0.29) is 11.6 Å². The smallest absolute Gasteiger partial charge is 0.196 e. The van der Waals surface area contributed by atoms with Crippen molar-refractivity contribution in [3.05, 3.63) is 88.7 Å². The van der Waals surface area contributed by atoms with Crippen LogP contribution in [0.2, 0.25) is 0 Å². The molecule has 0 N–H and O–H groups in total. The summed E-state index contributed by atoms with van der Waals surface area (Å²) in [5, 5.41) is 0.979. The second kappa shape index (κ2) is 5.59. The third-order valence-corrected chi connectivity index (χ3v) is 5.99. The zero-order chi connectivity index (χ0) is 18.8. The Balaban J connectivity index is 1.77. The Morgan fingerprint density at radius 3 is 2.32 bits per heavy atom. The normalized spacial score (nSPS) is 14.2. The predicted octanol–water partition coefficient (Wildman–Crippen LogP) is 5.74. The molecule has 4 aromatic rings. The molecule has 2 nitrogen and oxygen atoms in total. The number of carbonyl (C=O) groups is 1. The van der Waals surface area contributed by atoms with Crippen LogP contribution in [0, 0.1) is 5.82 Å². The summed E-state index contributed by atoms with van der Waals surface area (Å²) in [7, 11) is 0. The fourth-order valence-electron chi connectivity index (χ4n) is 4.69. The minimum atomic E-state index is -0.283. The van der Waals surface area contributed by atoms with E-state index in [4.69, 9.17) is 4.98 Å². The average molecular weight is 365 g/mol. The third-order valence-electron chi connectivity index (χ3n) is 5.99. The van der Waals surface area contributed by atoms with E-state index in [1.165, 1.54) is 23.3 Å². The summed E-state index contributed by atoms with van der Waals surface area (Å²) in [6.07, 6.45) is 3.28. The largest absolute Gasteiger partial charge is 0.288 e. The summed E-state index contributed by atoms with van der Waals surface area (Å²) >= 11 is 0. The van der Waals surface area contributed by atoms with Gasteiger partial charge in [0.2, 0.25) is 0 Å². The van der Waals surface area contributed by atoms with Gasteiger partial charge in [0, 0.05) is 22.1 Å². The summed E-state index contributed by atoms with van der Waals surface area (Å²) < 4.78 is 13.6. The lowest BCUT2D eigenvalue weighted by Gasteiger charge is -2.14. The maximum Gasteiger partial charge on any atom is 0.196 e. The molecule has 0 saturated heterocycles. The quantitative estimate of drug-likeness (QED) is 0.379. The van der Waals surface area contributed by atoms with Gasteiger partial charge in [-0.05, 0) is 60.2 Å². The van der Waals surface area contributed by atoms with Crippen LogP contribution in [-0.2, 0) is 12.8 Å². The van der Waals surface area contributed by atoms with Crippen LogP contribution >= 0.6 is 0 Å². The summed E-state index contributed by atoms with van der Waals surface area (Å²) in [5.74, 6) is -0.283. The minimum absolute atomic E-state index is 0.000163. The van der Waals surface area contributed by atoms with E-state index in [2.05, 4.69) is 12.1 Å². The number of rotatable bonds is 1. The number of aryl methyl sites for hydroxylation is 2. The van der Waals surface area contributed by atoms with Crippen molar-refractivity contribution in [1.29, 1.82) is 0 Å². The summed E-state index contributed by atoms with van der Waals surface area (Å²) in [5.41, 5.74) is 8.26. The third kappa shape index (κ3) is 2.07. The number of halogens is 1. The average Bonchev–Trinajstić information content (AvgIpc) is 3.28. The van der Waals surface area contributed by atoms with Crippen molar-refractivity contribution in [2.75, 3.05) is 0 Å². The van der Waals surface area contributed by atoms with Gasteiger partial charge in [-0.3, -0.25) is 4.79 Å². The lowest BCUT2D eigenvalue weighted by Crippen LogP contribution is -2.01. The van der Waals surface area contributed by atoms with Gasteiger partial charge in [0.1, 0.15) is 5.82 Å². The molecule has 0 saturated carbocycles. The van der Waals surface area contributed by atoms with Gasteiger partial charge in [-0.2, -0.15) is 0 Å². The number of ketones is 1. The molecule has 2 aliphatic carbocycles. The highest BCUT2D eigenvalue weighted by atomic mass is 19.1. The number of fused-ring (bicyclic) bond motifs is 5. The first-order valence-corrected chi connectivity index (χ1v) is 9.60. The molecule has 6 rings (SSSR count). The van der Waals surface area contributed by atoms with E-state index in [0.29, 0.717) is 11.1 Å². The van der Waals surface area contributed by atoms with Gasteiger partial charge in [0.15, 0.2) is 5.78 Å². The Morgan fingerprint density at radius 1 is 0.821 bits per heavy atom. The zero-order valence-corrected chi connectivity index (χ0v) is 15.1. The number of nitrogens with zero attached hydrogens (tertiary/aromatic N) is 1. The maximum atomic E-state index is 13.6. The van der Waals surface area contributed by atoms with E-state index in [0.717, 1.165) is 52.5 Å². The first-order valence-electron chi connectivity index (χ1n) is 9.60. The lowest BCUT2D eigenvalue weighted by molar-refractivity contribution is 0.104. The summed E-state index contributed by atoms with van der Waals surface area (Å²) in [4.78, 5) is 18.2. The van der Waals surface area contributed by atoms with E-state index in [9.17, 15) is 9.18 Å². The number of pyridine rings is 1. The Hall–Kier alpha value is -3.33. The molecule has 1 aromatic heterocycles. The van der Waals surface area contributed by atoms with Gasteiger partial charge in [0.25, 0.3) is 0 Å². The highest BCUT2D eigenvalue weighted by Crippen LogP contribution is 2.44. The molecule has 0 amide bonds. The molecular weight excluding hydrogens is 349 g/mol. The molecule has 0 fully saturated rings. The van der Waals surface area contributed by atoms with Crippen LogP contribution in [0.1, 0.15) is 33.5 Å². The van der Waals surface area contributed by atoms with Crippen LogP contribution in [0.5, 0.6) is 0 Å². The van der Waals surface area contributed by atoms with Crippen LogP contribution in [0.4, 0.5) is 4.39 Å². The van der Waals surface area contributed by atoms with Crippen LogP contribution in [0.15, 0.2) is 60.7 Å². The van der Waals surface area contributed by atoms with Crippen LogP contribution in [0.25, 0.3) is 33.3 Å². The van der Waals surface area contributed by atoms with Gasteiger partial charge in [0.05, 0.1) is 16.8 Å². The monoisotopic (exact) mass is 365 g/mol. The first kappa shape index (κ1) is 15.7. The molecule has 0 unspecified atom stereocenters. The van der Waals surface area contributed by atoms with E-state index in [1.807, 2.05) is 24.3 Å². The van der Waals surface area contributed by atoms with Crippen LogP contribution < -0.4 is 0 Å². The number of hydrogen-bond donors (Lipinski definition) is 0. The second-order valence-corrected chi connectivity index (χ2v) is 7.58. The molecule has 3 heteroatoms. The fraction of sp³-hybridized carbons (Fsp3) is 0.120. The fourth-order valence-corrected chi connectivity index (χ4v) is 4.69. The highest BCUT2D eigenvalue weighted by molar-refractivity contribution is 6.26. The van der Waals surface area contributed by atoms with Gasteiger partial charge < -0.3 is 0 Å². The Labute approximate surface area is 161 Å². The van der Waals surface area contributed by atoms with E-state index in [1.54, 1.807) is 12.1 Å². The van der Waals surface area contributed by atoms with Gasteiger partial charge >= 0.3 is 0 Å². The van der Waals surface area contributed by atoms with Gasteiger partial charge in [-0.15, -0.1) is 0 Å². The summed E-state index contributed by atoms with van der Waals surface area (Å²) in [6, 6.07) is 18.4. The maximum absolute atomic E-state index is 13.6. The molecule has 0 bridgehead atoms. The van der Waals surface area contributed by atoms with Crippen molar-refractivity contribution in [2.24, 2.45) is 0 Å². The standard InChI is InChI=1S/C25H16FNO/c26-17-10-8-14(9-11-17)22-20-12-15-4-3-5-16(15)13-21(20)27-24-18-6-1-2-7-19(18)25(28)23(22)24/h1-2,6-13H,3-5H2. The topological polar surface area (TPSA) is 30.0 Å². The first-order chi connectivity index (χ1) is 13.7. The van der Waals surface area contributed by atoms with Crippen molar-refractivity contribution in [3.8, 4) is 22.4 Å². The highest BCUT2D eigenvalue weighted by Gasteiger charge is 2.32. The van der Waals surface area contributed by atoms with Crippen molar-refractivity contribution in [3.63, 3.8) is 0 Å². The van der Waals surface area contributed by atoms with Crippen molar-refractivity contribution in [1.82, 2.24) is 4.98 Å². The minimum Gasteiger partial charge on any atom is -0.288 e. The Bertz CT molecular complexity index is 1300. The molecule has 134 valence electrons. The molecule has 0 spiro atoms. The second-order valence-electron chi connectivity index (χ2n) is 7.58. The predicted molar refractivity (Wildman–Crippen MR) is 108 cm³/mol. The van der Waals surface area contributed by atoms with Gasteiger partial charge in [-0.1, -0.05) is 36.4 Å². The number of carbonyl (C=O) groups excluding carboxylic acids is 1. The van der Waals surface area contributed by atoms with E-state index < -0.39 is 0 Å². The Kier molecular flexibility index (Phi) is 3.13. The molecule has 28 heavy (non-hydrogen) atoms. The molecule has 0 aliphatic heterocycles. The van der Waals surface area contributed by atoms with Crippen molar-refractivity contribution in [2.45, 2.75) is 19.3 Å². The SMILES string of the molecule is O=C1c2ccccc2-c2nc3cc4c(cc3c(-c3ccc(F)cc3)c21)CCC4. The molecule has 0 atom stereocenters. The molecule has 2 aliphatic rings. The molecular formula is C25H16FNO. The zero-order valence-electron chi connectivity index (χ0n) is 15.1. The number of benzene rings is 3. The van der Waals surface area contributed by atoms with Crippen molar-refractivity contribution < 1.29 is 9.18 Å². The number of hydrogen-bond acceptors (Lipinski definition) is 2.